The minimum atomic E-state index is -3.52. The van der Waals surface area contributed by atoms with Crippen LogP contribution in [-0.4, -0.2) is 53.3 Å². The molecule has 0 aromatic carbocycles. The Morgan fingerprint density at radius 3 is 2.95 bits per heavy atom. The smallest absolute Gasteiger partial charge is 0.279 e. The van der Waals surface area contributed by atoms with E-state index in [0.717, 1.165) is 19.3 Å². The molecule has 1 aromatic rings. The number of aliphatic hydroxyl groups is 1. The van der Waals surface area contributed by atoms with Crippen molar-refractivity contribution in [3.05, 3.63) is 18.5 Å². The predicted octanol–water partition coefficient (Wildman–Crippen LogP) is -0.436. The molecule has 8 heteroatoms. The van der Waals surface area contributed by atoms with Gasteiger partial charge < -0.3 is 5.11 Å². The number of aliphatic hydroxyl groups excluding tert-OH is 1. The first-order valence-corrected chi connectivity index (χ1v) is 7.92. The second-order valence-electron chi connectivity index (χ2n) is 4.61. The highest BCUT2D eigenvalue weighted by atomic mass is 32.2. The van der Waals surface area contributed by atoms with E-state index in [0.29, 0.717) is 19.6 Å². The Balaban J connectivity index is 1.89. The van der Waals surface area contributed by atoms with Crippen LogP contribution in [0.4, 0.5) is 0 Å². The van der Waals surface area contributed by atoms with Crippen LogP contribution in [0.2, 0.25) is 0 Å². The van der Waals surface area contributed by atoms with Crippen LogP contribution in [0.25, 0.3) is 0 Å². The van der Waals surface area contributed by atoms with Gasteiger partial charge in [0.25, 0.3) is 10.2 Å². The van der Waals surface area contributed by atoms with Gasteiger partial charge in [-0.15, -0.1) is 0 Å². The Hall–Kier alpha value is -0.960. The standard InChI is InChI=1S/C11H20N4O3S/c16-10-11-4-1-2-8-15(11)19(17,18)13-6-9-14-7-3-5-12-14/h3,5,7,11,13,16H,1-2,4,6,8-10H2. The lowest BCUT2D eigenvalue weighted by Crippen LogP contribution is -2.50. The third-order valence-corrected chi connectivity index (χ3v) is 4.94. The van der Waals surface area contributed by atoms with Crippen LogP contribution < -0.4 is 4.72 Å². The van der Waals surface area contributed by atoms with Gasteiger partial charge in [-0.1, -0.05) is 6.42 Å². The fourth-order valence-electron chi connectivity index (χ4n) is 2.28. The third kappa shape index (κ3) is 3.75. The molecule has 19 heavy (non-hydrogen) atoms. The summed E-state index contributed by atoms with van der Waals surface area (Å²) < 4.78 is 29.9. The van der Waals surface area contributed by atoms with Crippen LogP contribution in [-0.2, 0) is 16.8 Å². The van der Waals surface area contributed by atoms with E-state index in [1.54, 1.807) is 23.1 Å². The van der Waals surface area contributed by atoms with Gasteiger partial charge in [0.1, 0.15) is 0 Å². The zero-order valence-electron chi connectivity index (χ0n) is 10.8. The molecule has 1 saturated heterocycles. The second kappa shape index (κ2) is 6.47. The van der Waals surface area contributed by atoms with Crippen molar-refractivity contribution >= 4 is 10.2 Å². The van der Waals surface area contributed by atoms with Gasteiger partial charge in [-0.3, -0.25) is 4.68 Å². The quantitative estimate of drug-likeness (QED) is 0.743. The third-order valence-electron chi connectivity index (χ3n) is 3.28. The minimum absolute atomic E-state index is 0.125. The zero-order chi connectivity index (χ0) is 13.7. The van der Waals surface area contributed by atoms with Gasteiger partial charge in [-0.2, -0.15) is 17.8 Å². The number of nitrogens with one attached hydrogen (secondary N) is 1. The van der Waals surface area contributed by atoms with Gasteiger partial charge in [0.05, 0.1) is 13.2 Å². The van der Waals surface area contributed by atoms with Crippen molar-refractivity contribution in [2.24, 2.45) is 0 Å². The van der Waals surface area contributed by atoms with Gasteiger partial charge in [0.2, 0.25) is 0 Å². The summed E-state index contributed by atoms with van der Waals surface area (Å²) >= 11 is 0. The fourth-order valence-corrected chi connectivity index (χ4v) is 3.73. The average molecular weight is 288 g/mol. The Morgan fingerprint density at radius 2 is 2.26 bits per heavy atom. The van der Waals surface area contributed by atoms with E-state index < -0.39 is 10.2 Å². The van der Waals surface area contributed by atoms with Crippen molar-refractivity contribution in [3.63, 3.8) is 0 Å². The van der Waals surface area contributed by atoms with Gasteiger partial charge >= 0.3 is 0 Å². The molecule has 2 rings (SSSR count). The maximum absolute atomic E-state index is 12.2. The first-order chi connectivity index (χ1) is 9.13. The summed E-state index contributed by atoms with van der Waals surface area (Å²) in [7, 11) is -3.52. The van der Waals surface area contributed by atoms with Crippen LogP contribution in [0.15, 0.2) is 18.5 Å². The molecule has 0 bridgehead atoms. The van der Waals surface area contributed by atoms with Crippen LogP contribution >= 0.6 is 0 Å². The van der Waals surface area contributed by atoms with E-state index in [1.807, 2.05) is 0 Å². The fraction of sp³-hybridized carbons (Fsp3) is 0.727. The van der Waals surface area contributed by atoms with Gasteiger partial charge in [-0.25, -0.2) is 4.72 Å². The van der Waals surface area contributed by atoms with Crippen molar-refractivity contribution < 1.29 is 13.5 Å². The molecule has 1 atom stereocenters. The second-order valence-corrected chi connectivity index (χ2v) is 6.32. The van der Waals surface area contributed by atoms with Gasteiger partial charge in [0, 0.05) is 31.5 Å². The van der Waals surface area contributed by atoms with E-state index in [1.165, 1.54) is 4.31 Å². The summed E-state index contributed by atoms with van der Waals surface area (Å²) in [5.74, 6) is 0. The predicted molar refractivity (Wildman–Crippen MR) is 70.6 cm³/mol. The Kier molecular flexibility index (Phi) is 4.92. The molecular weight excluding hydrogens is 268 g/mol. The minimum Gasteiger partial charge on any atom is -0.395 e. The molecule has 0 aliphatic carbocycles. The Bertz CT molecular complexity index is 474. The molecule has 1 fully saturated rings. The lowest BCUT2D eigenvalue weighted by molar-refractivity contribution is 0.154. The molecule has 1 aromatic heterocycles. The molecule has 0 saturated carbocycles. The van der Waals surface area contributed by atoms with E-state index in [2.05, 4.69) is 9.82 Å². The summed E-state index contributed by atoms with van der Waals surface area (Å²) in [6, 6.07) is 1.50. The molecule has 0 amide bonds. The Labute approximate surface area is 113 Å². The van der Waals surface area contributed by atoms with Crippen molar-refractivity contribution in [1.82, 2.24) is 18.8 Å². The van der Waals surface area contributed by atoms with Crippen LogP contribution in [0, 0.1) is 0 Å². The lowest BCUT2D eigenvalue weighted by Gasteiger charge is -2.33. The molecule has 108 valence electrons. The number of hydrogen-bond donors (Lipinski definition) is 2. The molecule has 0 radical (unpaired) electrons. The summed E-state index contributed by atoms with van der Waals surface area (Å²) in [6.07, 6.45) is 5.96. The number of piperidine rings is 1. The number of aromatic nitrogens is 2. The first kappa shape index (κ1) is 14.4. The molecule has 1 aliphatic rings. The topological polar surface area (TPSA) is 87.5 Å². The van der Waals surface area contributed by atoms with E-state index in [-0.39, 0.29) is 12.6 Å². The maximum Gasteiger partial charge on any atom is 0.279 e. The normalized spacial score (nSPS) is 21.6. The number of nitrogens with zero attached hydrogens (tertiary/aromatic N) is 3. The first-order valence-electron chi connectivity index (χ1n) is 6.48. The van der Waals surface area contributed by atoms with Crippen LogP contribution in [0.3, 0.4) is 0 Å². The molecule has 7 nitrogen and oxygen atoms in total. The summed E-state index contributed by atoms with van der Waals surface area (Å²) in [5.41, 5.74) is 0. The molecule has 1 aliphatic heterocycles. The molecule has 2 N–H and O–H groups in total. The highest BCUT2D eigenvalue weighted by Crippen LogP contribution is 2.19. The monoisotopic (exact) mass is 288 g/mol. The summed E-state index contributed by atoms with van der Waals surface area (Å²) in [5, 5.41) is 13.3. The van der Waals surface area contributed by atoms with Crippen molar-refractivity contribution in [1.29, 1.82) is 0 Å². The van der Waals surface area contributed by atoms with E-state index in [9.17, 15) is 13.5 Å². The Morgan fingerprint density at radius 1 is 1.42 bits per heavy atom. The zero-order valence-corrected chi connectivity index (χ0v) is 11.6. The molecule has 2 heterocycles. The highest BCUT2D eigenvalue weighted by molar-refractivity contribution is 7.87. The highest BCUT2D eigenvalue weighted by Gasteiger charge is 2.31. The largest absolute Gasteiger partial charge is 0.395 e. The molecule has 1 unspecified atom stereocenters. The molecular formula is C11H20N4O3S. The summed E-state index contributed by atoms with van der Waals surface area (Å²) in [4.78, 5) is 0. The number of hydrogen-bond acceptors (Lipinski definition) is 4. The summed E-state index contributed by atoms with van der Waals surface area (Å²) in [6.45, 7) is 1.13. The van der Waals surface area contributed by atoms with E-state index >= 15 is 0 Å². The average Bonchev–Trinajstić information content (AvgIpc) is 2.91. The van der Waals surface area contributed by atoms with Crippen molar-refractivity contribution in [2.75, 3.05) is 19.7 Å². The SMILES string of the molecule is O=S(=O)(NCCn1cccn1)N1CCCCC1CO. The van der Waals surface area contributed by atoms with Crippen molar-refractivity contribution in [2.45, 2.75) is 31.8 Å². The molecule has 0 spiro atoms. The van der Waals surface area contributed by atoms with E-state index in [4.69, 9.17) is 0 Å². The van der Waals surface area contributed by atoms with Crippen LogP contribution in [0.5, 0.6) is 0 Å². The van der Waals surface area contributed by atoms with Gasteiger partial charge in [-0.05, 0) is 18.9 Å². The van der Waals surface area contributed by atoms with Crippen LogP contribution in [0.1, 0.15) is 19.3 Å². The van der Waals surface area contributed by atoms with Crippen molar-refractivity contribution in [3.8, 4) is 0 Å². The number of rotatable bonds is 6. The van der Waals surface area contributed by atoms with Gasteiger partial charge in [0.15, 0.2) is 0 Å². The lowest BCUT2D eigenvalue weighted by atomic mass is 10.1. The maximum atomic E-state index is 12.2.